The SMILES string of the molecule is OC1CC1=S. The summed E-state index contributed by atoms with van der Waals surface area (Å²) in [6, 6.07) is 0. The maximum absolute atomic E-state index is 8.29. The molecule has 0 aromatic rings. The zero-order valence-corrected chi connectivity index (χ0v) is 3.46. The molecule has 1 saturated carbocycles. The maximum Gasteiger partial charge on any atom is 0.0899 e. The molecule has 0 radical (unpaired) electrons. The molecule has 1 aliphatic rings. The molecule has 1 unspecified atom stereocenters. The molecule has 2 heteroatoms. The molecule has 0 amide bonds. The predicted molar refractivity (Wildman–Crippen MR) is 23.2 cm³/mol. The molecule has 0 bridgehead atoms. The molecule has 0 heterocycles. The van der Waals surface area contributed by atoms with E-state index in [1.807, 2.05) is 0 Å². The second-order valence-corrected chi connectivity index (χ2v) is 1.71. The van der Waals surface area contributed by atoms with E-state index in [1.54, 1.807) is 0 Å². The molecule has 1 aliphatic carbocycles. The summed E-state index contributed by atoms with van der Waals surface area (Å²) in [5.41, 5.74) is 0. The summed E-state index contributed by atoms with van der Waals surface area (Å²) in [6.07, 6.45) is 0.542. The third-order valence-corrected chi connectivity index (χ3v) is 1.04. The lowest BCUT2D eigenvalue weighted by Gasteiger charge is -1.59. The van der Waals surface area contributed by atoms with Crippen molar-refractivity contribution in [3.8, 4) is 0 Å². The van der Waals surface area contributed by atoms with Gasteiger partial charge in [0.1, 0.15) is 0 Å². The molecule has 1 fully saturated rings. The van der Waals surface area contributed by atoms with Crippen molar-refractivity contribution in [2.45, 2.75) is 12.5 Å². The van der Waals surface area contributed by atoms with E-state index >= 15 is 0 Å². The third-order valence-electron chi connectivity index (χ3n) is 0.606. The van der Waals surface area contributed by atoms with Crippen LogP contribution in [0.5, 0.6) is 0 Å². The number of aliphatic hydroxyl groups is 1. The van der Waals surface area contributed by atoms with Gasteiger partial charge in [-0.15, -0.1) is 0 Å². The lowest BCUT2D eigenvalue weighted by Crippen LogP contribution is -1.73. The van der Waals surface area contributed by atoms with E-state index in [2.05, 4.69) is 12.2 Å². The Balaban J connectivity index is 2.47. The Bertz CT molecular complexity index is 69.3. The number of hydrogen-bond donors (Lipinski definition) is 1. The average molecular weight is 88.1 g/mol. The van der Waals surface area contributed by atoms with Gasteiger partial charge < -0.3 is 5.11 Å². The van der Waals surface area contributed by atoms with Gasteiger partial charge in [0.25, 0.3) is 0 Å². The van der Waals surface area contributed by atoms with E-state index < -0.39 is 0 Å². The topological polar surface area (TPSA) is 20.2 Å². The third kappa shape index (κ3) is 0.465. The Hall–Kier alpha value is 0.0500. The summed E-state index contributed by atoms with van der Waals surface area (Å²) in [5, 5.41) is 8.29. The van der Waals surface area contributed by atoms with Crippen LogP contribution in [0.3, 0.4) is 0 Å². The molecule has 0 aromatic carbocycles. The van der Waals surface area contributed by atoms with Crippen LogP contribution in [0.1, 0.15) is 6.42 Å². The molecular formula is C3H4OS. The zero-order chi connectivity index (χ0) is 3.86. The Morgan fingerprint density at radius 3 is 2.20 bits per heavy atom. The van der Waals surface area contributed by atoms with E-state index in [0.29, 0.717) is 0 Å². The minimum absolute atomic E-state index is 0.218. The van der Waals surface area contributed by atoms with Gasteiger partial charge >= 0.3 is 0 Å². The van der Waals surface area contributed by atoms with Crippen LogP contribution in [-0.4, -0.2) is 16.1 Å². The Morgan fingerprint density at radius 1 is 2.00 bits per heavy atom. The van der Waals surface area contributed by atoms with Crippen LogP contribution in [0.25, 0.3) is 0 Å². The van der Waals surface area contributed by atoms with E-state index in [1.165, 1.54) is 0 Å². The highest BCUT2D eigenvalue weighted by Gasteiger charge is 2.25. The Labute approximate surface area is 35.6 Å². The summed E-state index contributed by atoms with van der Waals surface area (Å²) in [7, 11) is 0. The van der Waals surface area contributed by atoms with Crippen LogP contribution in [0.15, 0.2) is 0 Å². The summed E-state index contributed by atoms with van der Waals surface area (Å²) in [6.45, 7) is 0. The van der Waals surface area contributed by atoms with Gasteiger partial charge in [0.2, 0.25) is 0 Å². The molecule has 0 saturated heterocycles. The molecule has 0 aromatic heterocycles. The lowest BCUT2D eigenvalue weighted by molar-refractivity contribution is 0.300. The highest BCUT2D eigenvalue weighted by atomic mass is 32.1. The maximum atomic E-state index is 8.29. The van der Waals surface area contributed by atoms with Crippen LogP contribution < -0.4 is 0 Å². The second-order valence-electron chi connectivity index (χ2n) is 1.19. The minimum Gasteiger partial charge on any atom is -0.388 e. The Morgan fingerprint density at radius 2 is 2.20 bits per heavy atom. The fourth-order valence-electron chi connectivity index (χ4n) is 0.132. The van der Waals surface area contributed by atoms with Crippen molar-refractivity contribution in [2.24, 2.45) is 0 Å². The molecule has 1 N–H and O–H groups in total. The monoisotopic (exact) mass is 88.0 g/mol. The average Bonchev–Trinajstić information content (AvgIpc) is 1.79. The first-order valence-corrected chi connectivity index (χ1v) is 1.92. The van der Waals surface area contributed by atoms with Crippen molar-refractivity contribution in [1.82, 2.24) is 0 Å². The van der Waals surface area contributed by atoms with Gasteiger partial charge in [-0.2, -0.15) is 0 Å². The molecular weight excluding hydrogens is 84.1 g/mol. The fourth-order valence-corrected chi connectivity index (χ4v) is 0.290. The highest BCUT2D eigenvalue weighted by Crippen LogP contribution is 2.14. The second kappa shape index (κ2) is 0.758. The smallest absolute Gasteiger partial charge is 0.0899 e. The van der Waals surface area contributed by atoms with E-state index in [0.717, 1.165) is 11.3 Å². The van der Waals surface area contributed by atoms with Gasteiger partial charge in [-0.25, -0.2) is 0 Å². The zero-order valence-electron chi connectivity index (χ0n) is 2.64. The van der Waals surface area contributed by atoms with E-state index in [9.17, 15) is 0 Å². The summed E-state index contributed by atoms with van der Waals surface area (Å²) >= 11 is 4.52. The van der Waals surface area contributed by atoms with Crippen molar-refractivity contribution in [1.29, 1.82) is 0 Å². The van der Waals surface area contributed by atoms with Crippen molar-refractivity contribution in [3.63, 3.8) is 0 Å². The van der Waals surface area contributed by atoms with Crippen molar-refractivity contribution >= 4 is 17.1 Å². The molecule has 1 nitrogen and oxygen atoms in total. The lowest BCUT2D eigenvalue weighted by atomic mass is 10.9. The van der Waals surface area contributed by atoms with E-state index in [-0.39, 0.29) is 6.10 Å². The van der Waals surface area contributed by atoms with Crippen LogP contribution in [0.2, 0.25) is 0 Å². The quantitative estimate of drug-likeness (QED) is 0.424. The van der Waals surface area contributed by atoms with Crippen LogP contribution in [0, 0.1) is 0 Å². The summed E-state index contributed by atoms with van der Waals surface area (Å²) in [5.74, 6) is 0. The largest absolute Gasteiger partial charge is 0.388 e. The highest BCUT2D eigenvalue weighted by molar-refractivity contribution is 7.81. The first-order chi connectivity index (χ1) is 2.30. The fraction of sp³-hybridized carbons (Fsp3) is 0.667. The molecule has 1 rings (SSSR count). The molecule has 28 valence electrons. The number of thiocarbonyl (C=S) groups is 1. The van der Waals surface area contributed by atoms with Gasteiger partial charge in [-0.05, 0) is 0 Å². The van der Waals surface area contributed by atoms with Crippen LogP contribution in [-0.2, 0) is 0 Å². The standard InChI is InChI=1S/C3H4OS/c4-2-1-3(2)5/h2,4H,1H2. The number of aliphatic hydroxyl groups excluding tert-OH is 1. The molecule has 5 heavy (non-hydrogen) atoms. The summed E-state index contributed by atoms with van der Waals surface area (Å²) in [4.78, 5) is 0.810. The molecule has 1 atom stereocenters. The minimum atomic E-state index is -0.218. The molecule has 0 aliphatic heterocycles. The van der Waals surface area contributed by atoms with Crippen molar-refractivity contribution in [3.05, 3.63) is 0 Å². The van der Waals surface area contributed by atoms with Crippen molar-refractivity contribution < 1.29 is 5.11 Å². The normalized spacial score (nSPS) is 34.6. The van der Waals surface area contributed by atoms with Gasteiger partial charge in [0.15, 0.2) is 0 Å². The predicted octanol–water partition coefficient (Wildman–Crippen LogP) is 0.121. The number of hydrogen-bond acceptors (Lipinski definition) is 2. The van der Waals surface area contributed by atoms with Crippen molar-refractivity contribution in [2.75, 3.05) is 0 Å². The molecule has 0 spiro atoms. The van der Waals surface area contributed by atoms with Crippen LogP contribution in [0.4, 0.5) is 0 Å². The van der Waals surface area contributed by atoms with Gasteiger partial charge in [0, 0.05) is 11.3 Å². The first-order valence-electron chi connectivity index (χ1n) is 1.51. The first kappa shape index (κ1) is 3.25. The van der Waals surface area contributed by atoms with Gasteiger partial charge in [-0.3, -0.25) is 0 Å². The van der Waals surface area contributed by atoms with E-state index in [4.69, 9.17) is 5.11 Å². The Kier molecular flexibility index (Phi) is 0.492. The van der Waals surface area contributed by atoms with Crippen LogP contribution >= 0.6 is 12.2 Å². The van der Waals surface area contributed by atoms with Gasteiger partial charge in [0.05, 0.1) is 6.10 Å². The number of rotatable bonds is 0. The van der Waals surface area contributed by atoms with Gasteiger partial charge in [-0.1, -0.05) is 12.2 Å². The summed E-state index contributed by atoms with van der Waals surface area (Å²) < 4.78 is 0.